The third-order valence-corrected chi connectivity index (χ3v) is 5.30. The number of halogens is 2. The van der Waals surface area contributed by atoms with Crippen LogP contribution >= 0.6 is 31.9 Å². The molecule has 1 N–H and O–H groups in total. The van der Waals surface area contributed by atoms with Gasteiger partial charge in [-0.1, -0.05) is 86.0 Å². The number of nitrogens with zero attached hydrogens (tertiary/aromatic N) is 2. The minimum Gasteiger partial charge on any atom is -0.324 e. The van der Waals surface area contributed by atoms with Crippen molar-refractivity contribution in [3.8, 4) is 0 Å². The first-order chi connectivity index (χ1) is 13.1. The first kappa shape index (κ1) is 18.1. The fraction of sp³-hybridized carbons (Fsp3) is 0.0909. The number of amidine groups is 2. The molecule has 0 saturated heterocycles. The Balaban J connectivity index is 1.79. The molecule has 0 saturated carbocycles. The Morgan fingerprint density at radius 3 is 1.74 bits per heavy atom. The van der Waals surface area contributed by atoms with E-state index in [0.29, 0.717) is 0 Å². The van der Waals surface area contributed by atoms with Crippen molar-refractivity contribution in [3.63, 3.8) is 0 Å². The predicted octanol–water partition coefficient (Wildman–Crippen LogP) is 6.02. The molecule has 27 heavy (non-hydrogen) atoms. The Morgan fingerprint density at radius 1 is 0.741 bits per heavy atom. The lowest BCUT2D eigenvalue weighted by atomic mass is 10.1. The Hall–Kier alpha value is -2.24. The Kier molecular flexibility index (Phi) is 5.23. The van der Waals surface area contributed by atoms with Crippen molar-refractivity contribution in [2.45, 2.75) is 13.1 Å². The van der Waals surface area contributed by atoms with Gasteiger partial charge in [0.15, 0.2) is 6.17 Å². The second kappa shape index (κ2) is 7.79. The van der Waals surface area contributed by atoms with Crippen LogP contribution in [0.1, 0.15) is 28.4 Å². The molecule has 0 unspecified atom stereocenters. The van der Waals surface area contributed by atoms with Gasteiger partial charge in [0, 0.05) is 20.1 Å². The lowest BCUT2D eigenvalue weighted by molar-refractivity contribution is 0.755. The summed E-state index contributed by atoms with van der Waals surface area (Å²) < 4.78 is 2.03. The second-order valence-electron chi connectivity index (χ2n) is 6.39. The van der Waals surface area contributed by atoms with Gasteiger partial charge in [-0.2, -0.15) is 0 Å². The van der Waals surface area contributed by atoms with Crippen LogP contribution in [0.2, 0.25) is 0 Å². The number of aliphatic imine (C=N–C) groups is 2. The van der Waals surface area contributed by atoms with Gasteiger partial charge in [0.1, 0.15) is 11.7 Å². The summed E-state index contributed by atoms with van der Waals surface area (Å²) in [5, 5.41) is 3.41. The zero-order chi connectivity index (χ0) is 18.8. The highest BCUT2D eigenvalue weighted by Crippen LogP contribution is 2.25. The molecular formula is C22H17Br2N3. The fourth-order valence-electron chi connectivity index (χ4n) is 2.90. The Labute approximate surface area is 175 Å². The van der Waals surface area contributed by atoms with Crippen molar-refractivity contribution in [1.82, 2.24) is 5.32 Å². The monoisotopic (exact) mass is 481 g/mol. The Morgan fingerprint density at radius 2 is 1.26 bits per heavy atom. The van der Waals surface area contributed by atoms with Crippen LogP contribution in [0.3, 0.4) is 0 Å². The summed E-state index contributed by atoms with van der Waals surface area (Å²) in [6.45, 7) is 2.08. The van der Waals surface area contributed by atoms with Gasteiger partial charge in [0.25, 0.3) is 0 Å². The van der Waals surface area contributed by atoms with Crippen LogP contribution in [0.15, 0.2) is 91.7 Å². The van der Waals surface area contributed by atoms with E-state index in [4.69, 9.17) is 9.98 Å². The second-order valence-corrected chi connectivity index (χ2v) is 8.22. The van der Waals surface area contributed by atoms with E-state index >= 15 is 0 Å². The van der Waals surface area contributed by atoms with Gasteiger partial charge in [0.05, 0.1) is 0 Å². The summed E-state index contributed by atoms with van der Waals surface area (Å²) in [4.78, 5) is 9.75. The van der Waals surface area contributed by atoms with Crippen LogP contribution < -0.4 is 5.32 Å². The standard InChI is InChI=1S/C22H17Br2N3/c1-14-8-10-15(11-9-14)20-25-21(16-4-2-6-18(23)12-16)27-22(26-20)17-5-3-7-19(24)13-17/h2-13,20H,1H3,(H,25,26,27). The van der Waals surface area contributed by atoms with Crippen LogP contribution in [-0.4, -0.2) is 11.7 Å². The van der Waals surface area contributed by atoms with Crippen LogP contribution in [-0.2, 0) is 0 Å². The van der Waals surface area contributed by atoms with Crippen molar-refractivity contribution >= 4 is 43.5 Å². The van der Waals surface area contributed by atoms with Crippen molar-refractivity contribution in [1.29, 1.82) is 0 Å². The molecule has 1 aliphatic heterocycles. The zero-order valence-corrected chi connectivity index (χ0v) is 17.8. The lowest BCUT2D eigenvalue weighted by Gasteiger charge is -2.22. The van der Waals surface area contributed by atoms with E-state index in [1.54, 1.807) is 0 Å². The first-order valence-electron chi connectivity index (χ1n) is 8.59. The molecule has 4 rings (SSSR count). The highest BCUT2D eigenvalue weighted by atomic mass is 79.9. The summed E-state index contributed by atoms with van der Waals surface area (Å²) in [5.74, 6) is 1.62. The number of rotatable bonds is 3. The van der Waals surface area contributed by atoms with E-state index in [-0.39, 0.29) is 6.17 Å². The maximum atomic E-state index is 4.88. The van der Waals surface area contributed by atoms with E-state index in [1.807, 2.05) is 36.4 Å². The highest BCUT2D eigenvalue weighted by Gasteiger charge is 2.20. The summed E-state index contributed by atoms with van der Waals surface area (Å²) in [6, 6.07) is 24.6. The highest BCUT2D eigenvalue weighted by molar-refractivity contribution is 9.10. The minimum absolute atomic E-state index is 0.283. The SMILES string of the molecule is Cc1ccc(C2N=C(c3cccc(Br)c3)NC(c3cccc(Br)c3)=N2)cc1. The lowest BCUT2D eigenvalue weighted by Crippen LogP contribution is -2.36. The smallest absolute Gasteiger partial charge is 0.169 e. The average Bonchev–Trinajstić information content (AvgIpc) is 2.68. The average molecular weight is 483 g/mol. The van der Waals surface area contributed by atoms with Gasteiger partial charge in [-0.25, -0.2) is 9.98 Å². The molecule has 0 spiro atoms. The van der Waals surface area contributed by atoms with Crippen molar-refractivity contribution < 1.29 is 0 Å². The van der Waals surface area contributed by atoms with Gasteiger partial charge in [0.2, 0.25) is 0 Å². The Bertz CT molecular complexity index is 978. The van der Waals surface area contributed by atoms with Crippen molar-refractivity contribution in [2.24, 2.45) is 9.98 Å². The number of aryl methyl sites for hydroxylation is 1. The summed E-state index contributed by atoms with van der Waals surface area (Å²) in [7, 11) is 0. The maximum Gasteiger partial charge on any atom is 0.169 e. The van der Waals surface area contributed by atoms with Crippen LogP contribution in [0.25, 0.3) is 0 Å². The molecule has 0 aromatic heterocycles. The molecule has 0 fully saturated rings. The molecule has 3 nitrogen and oxygen atoms in total. The molecule has 0 radical (unpaired) electrons. The molecule has 1 heterocycles. The number of hydrogen-bond donors (Lipinski definition) is 1. The topological polar surface area (TPSA) is 36.8 Å². The largest absolute Gasteiger partial charge is 0.324 e. The molecule has 3 aromatic rings. The van der Waals surface area contributed by atoms with Gasteiger partial charge in [-0.05, 0) is 36.8 Å². The van der Waals surface area contributed by atoms with Crippen molar-refractivity contribution in [2.75, 3.05) is 0 Å². The molecule has 134 valence electrons. The molecule has 1 aliphatic rings. The molecule has 0 bridgehead atoms. The van der Waals surface area contributed by atoms with Crippen LogP contribution in [0, 0.1) is 6.92 Å². The molecule has 3 aromatic carbocycles. The van der Waals surface area contributed by atoms with E-state index in [9.17, 15) is 0 Å². The summed E-state index contributed by atoms with van der Waals surface area (Å²) in [6.07, 6.45) is -0.283. The molecule has 0 amide bonds. The third-order valence-electron chi connectivity index (χ3n) is 4.31. The van der Waals surface area contributed by atoms with Gasteiger partial charge in [-0.3, -0.25) is 0 Å². The zero-order valence-electron chi connectivity index (χ0n) is 14.7. The summed E-state index contributed by atoms with van der Waals surface area (Å²) in [5.41, 5.74) is 4.33. The van der Waals surface area contributed by atoms with E-state index in [1.165, 1.54) is 5.56 Å². The number of hydrogen-bond acceptors (Lipinski definition) is 3. The molecular weight excluding hydrogens is 466 g/mol. The number of nitrogens with one attached hydrogen (secondary N) is 1. The third kappa shape index (κ3) is 4.20. The van der Waals surface area contributed by atoms with Gasteiger partial charge in [-0.15, -0.1) is 0 Å². The van der Waals surface area contributed by atoms with E-state index < -0.39 is 0 Å². The molecule has 0 atom stereocenters. The maximum absolute atomic E-state index is 4.88. The van der Waals surface area contributed by atoms with E-state index in [0.717, 1.165) is 37.3 Å². The quantitative estimate of drug-likeness (QED) is 0.487. The van der Waals surface area contributed by atoms with E-state index in [2.05, 4.69) is 80.5 Å². The predicted molar refractivity (Wildman–Crippen MR) is 118 cm³/mol. The summed E-state index contributed by atoms with van der Waals surface area (Å²) >= 11 is 7.09. The fourth-order valence-corrected chi connectivity index (χ4v) is 3.70. The van der Waals surface area contributed by atoms with Crippen LogP contribution in [0.4, 0.5) is 0 Å². The first-order valence-corrected chi connectivity index (χ1v) is 10.2. The molecule has 0 aliphatic carbocycles. The van der Waals surface area contributed by atoms with Gasteiger partial charge >= 0.3 is 0 Å². The van der Waals surface area contributed by atoms with Gasteiger partial charge < -0.3 is 5.32 Å². The number of benzene rings is 3. The van der Waals surface area contributed by atoms with Crippen molar-refractivity contribution in [3.05, 3.63) is 104 Å². The normalized spacial score (nSPS) is 14.3. The minimum atomic E-state index is -0.283. The molecule has 5 heteroatoms. The van der Waals surface area contributed by atoms with Crippen LogP contribution in [0.5, 0.6) is 0 Å².